The number of benzene rings is 1. The molecule has 1 aromatic carbocycles. The zero-order valence-electron chi connectivity index (χ0n) is 9.90. The lowest BCUT2D eigenvalue weighted by atomic mass is 10.2. The Hall–Kier alpha value is -0.580. The van der Waals surface area contributed by atoms with E-state index < -0.39 is 0 Å². The van der Waals surface area contributed by atoms with Gasteiger partial charge in [0.15, 0.2) is 0 Å². The fourth-order valence-corrected chi connectivity index (χ4v) is 2.09. The molecule has 0 amide bonds. The molecule has 0 fully saturated rings. The van der Waals surface area contributed by atoms with Crippen LogP contribution in [0.25, 0.3) is 0 Å². The van der Waals surface area contributed by atoms with Gasteiger partial charge in [-0.05, 0) is 32.2 Å². The molecule has 0 saturated carbocycles. The van der Waals surface area contributed by atoms with Gasteiger partial charge < -0.3 is 9.84 Å². The number of aliphatic hydroxyl groups is 1. The largest absolute Gasteiger partial charge is 0.496 e. The Labute approximate surface area is 105 Å². The molecule has 1 unspecified atom stereocenters. The zero-order chi connectivity index (χ0) is 12.1. The first-order valence-corrected chi connectivity index (χ1v) is 6.01. The Morgan fingerprint density at radius 2 is 2.19 bits per heavy atom. The summed E-state index contributed by atoms with van der Waals surface area (Å²) in [5.74, 6) is 0.876. The molecule has 0 saturated heterocycles. The van der Waals surface area contributed by atoms with Crippen molar-refractivity contribution in [2.24, 2.45) is 0 Å². The number of ether oxygens (including phenoxy) is 1. The Bertz CT molecular complexity index is 342. The molecule has 90 valence electrons. The van der Waals surface area contributed by atoms with Gasteiger partial charge in [0.25, 0.3) is 0 Å². The molecule has 1 N–H and O–H groups in total. The highest BCUT2D eigenvalue weighted by molar-refractivity contribution is 9.10. The first-order valence-electron chi connectivity index (χ1n) is 5.22. The predicted molar refractivity (Wildman–Crippen MR) is 68.7 cm³/mol. The second-order valence-corrected chi connectivity index (χ2v) is 4.92. The number of halogens is 1. The number of hydrogen-bond donors (Lipinski definition) is 1. The normalized spacial score (nSPS) is 12.9. The van der Waals surface area contributed by atoms with E-state index in [4.69, 9.17) is 4.74 Å². The molecule has 1 atom stereocenters. The Morgan fingerprint density at radius 3 is 2.75 bits per heavy atom. The van der Waals surface area contributed by atoms with Crippen LogP contribution in [0.4, 0.5) is 0 Å². The van der Waals surface area contributed by atoms with Gasteiger partial charge in [-0.3, -0.25) is 4.90 Å². The van der Waals surface area contributed by atoms with Gasteiger partial charge in [-0.2, -0.15) is 0 Å². The molecule has 0 spiro atoms. The molecule has 0 heterocycles. The number of nitrogens with zero attached hydrogens (tertiary/aromatic N) is 1. The minimum Gasteiger partial charge on any atom is -0.496 e. The fraction of sp³-hybridized carbons (Fsp3) is 0.500. The summed E-state index contributed by atoms with van der Waals surface area (Å²) in [4.78, 5) is 2.06. The van der Waals surface area contributed by atoms with Crippen LogP contribution >= 0.6 is 15.9 Å². The molecule has 0 radical (unpaired) electrons. The summed E-state index contributed by atoms with van der Waals surface area (Å²) in [6, 6.07) is 5.93. The van der Waals surface area contributed by atoms with Gasteiger partial charge in [-0.15, -0.1) is 0 Å². The average Bonchev–Trinajstić information content (AvgIpc) is 2.16. The van der Waals surface area contributed by atoms with Crippen LogP contribution in [0, 0.1) is 0 Å². The summed E-state index contributed by atoms with van der Waals surface area (Å²) < 4.78 is 6.33. The Balaban J connectivity index is 2.74. The maximum Gasteiger partial charge on any atom is 0.123 e. The fourth-order valence-electron chi connectivity index (χ4n) is 1.68. The summed E-state index contributed by atoms with van der Waals surface area (Å²) in [7, 11) is 3.65. The van der Waals surface area contributed by atoms with Gasteiger partial charge >= 0.3 is 0 Å². The second-order valence-electron chi connectivity index (χ2n) is 4.00. The maximum atomic E-state index is 9.30. The maximum absolute atomic E-state index is 9.30. The minimum absolute atomic E-state index is 0.317. The van der Waals surface area contributed by atoms with E-state index in [1.54, 1.807) is 14.0 Å². The van der Waals surface area contributed by atoms with E-state index in [1.807, 2.05) is 25.2 Å². The van der Waals surface area contributed by atoms with Crippen molar-refractivity contribution in [3.8, 4) is 5.75 Å². The van der Waals surface area contributed by atoms with Crippen molar-refractivity contribution < 1.29 is 9.84 Å². The molecule has 1 rings (SSSR count). The number of methoxy groups -OCH3 is 1. The lowest BCUT2D eigenvalue weighted by molar-refractivity contribution is 0.138. The summed E-state index contributed by atoms with van der Waals surface area (Å²) in [6.45, 7) is 3.19. The van der Waals surface area contributed by atoms with Crippen molar-refractivity contribution in [1.29, 1.82) is 0 Å². The van der Waals surface area contributed by atoms with E-state index >= 15 is 0 Å². The zero-order valence-corrected chi connectivity index (χ0v) is 11.5. The molecule has 4 heteroatoms. The van der Waals surface area contributed by atoms with E-state index in [0.717, 1.165) is 22.3 Å². The van der Waals surface area contributed by atoms with Crippen LogP contribution in [0.15, 0.2) is 22.7 Å². The van der Waals surface area contributed by atoms with Gasteiger partial charge in [0.2, 0.25) is 0 Å². The van der Waals surface area contributed by atoms with Crippen LogP contribution in [0.3, 0.4) is 0 Å². The third-order valence-corrected chi connectivity index (χ3v) is 2.75. The van der Waals surface area contributed by atoms with E-state index in [9.17, 15) is 5.11 Å². The molecule has 3 nitrogen and oxygen atoms in total. The molecule has 16 heavy (non-hydrogen) atoms. The SMILES string of the molecule is COc1ccc(Br)cc1CN(C)CC(C)O. The van der Waals surface area contributed by atoms with Gasteiger partial charge in [0.1, 0.15) is 5.75 Å². The number of aliphatic hydroxyl groups excluding tert-OH is 1. The van der Waals surface area contributed by atoms with Crippen molar-refractivity contribution >= 4 is 15.9 Å². The van der Waals surface area contributed by atoms with Crippen molar-refractivity contribution in [2.75, 3.05) is 20.7 Å². The summed E-state index contributed by atoms with van der Waals surface area (Å²) in [5.41, 5.74) is 1.11. The Kier molecular flexibility index (Phi) is 5.25. The standard InChI is InChI=1S/C12H18BrNO2/c1-9(15)7-14(2)8-10-6-11(13)4-5-12(10)16-3/h4-6,9,15H,7-8H2,1-3H3. The second kappa shape index (κ2) is 6.23. The monoisotopic (exact) mass is 287 g/mol. The minimum atomic E-state index is -0.317. The highest BCUT2D eigenvalue weighted by Gasteiger charge is 2.08. The van der Waals surface area contributed by atoms with Crippen LogP contribution < -0.4 is 4.74 Å². The van der Waals surface area contributed by atoms with Crippen LogP contribution in [0.2, 0.25) is 0 Å². The predicted octanol–water partition coefficient (Wildman–Crippen LogP) is 2.27. The summed E-state index contributed by atoms with van der Waals surface area (Å²) in [5, 5.41) is 9.30. The summed E-state index contributed by atoms with van der Waals surface area (Å²) in [6.07, 6.45) is -0.317. The van der Waals surface area contributed by atoms with Crippen molar-refractivity contribution in [3.05, 3.63) is 28.2 Å². The molecule has 0 aliphatic rings. The van der Waals surface area contributed by atoms with E-state index in [-0.39, 0.29) is 6.10 Å². The van der Waals surface area contributed by atoms with Crippen molar-refractivity contribution in [3.63, 3.8) is 0 Å². The molecular weight excluding hydrogens is 270 g/mol. The van der Waals surface area contributed by atoms with Crippen molar-refractivity contribution in [1.82, 2.24) is 4.90 Å². The van der Waals surface area contributed by atoms with Crippen LogP contribution in [-0.2, 0) is 6.54 Å². The topological polar surface area (TPSA) is 32.7 Å². The van der Waals surface area contributed by atoms with E-state index in [1.165, 1.54) is 0 Å². The first kappa shape index (κ1) is 13.5. The Morgan fingerprint density at radius 1 is 1.50 bits per heavy atom. The lowest BCUT2D eigenvalue weighted by Crippen LogP contribution is -2.26. The van der Waals surface area contributed by atoms with Gasteiger partial charge in [-0.25, -0.2) is 0 Å². The molecular formula is C12H18BrNO2. The quantitative estimate of drug-likeness (QED) is 0.902. The number of hydrogen-bond acceptors (Lipinski definition) is 3. The summed E-state index contributed by atoms with van der Waals surface area (Å²) >= 11 is 3.44. The molecule has 0 aliphatic carbocycles. The number of rotatable bonds is 5. The van der Waals surface area contributed by atoms with E-state index in [2.05, 4.69) is 20.8 Å². The smallest absolute Gasteiger partial charge is 0.123 e. The van der Waals surface area contributed by atoms with Gasteiger partial charge in [0, 0.05) is 23.1 Å². The first-order chi connectivity index (χ1) is 7.52. The van der Waals surface area contributed by atoms with E-state index in [0.29, 0.717) is 6.54 Å². The van der Waals surface area contributed by atoms with Crippen LogP contribution in [0.5, 0.6) is 5.75 Å². The third kappa shape index (κ3) is 4.12. The average molecular weight is 288 g/mol. The third-order valence-electron chi connectivity index (χ3n) is 2.26. The molecule has 0 aromatic heterocycles. The van der Waals surface area contributed by atoms with Crippen molar-refractivity contribution in [2.45, 2.75) is 19.6 Å². The molecule has 0 aliphatic heterocycles. The van der Waals surface area contributed by atoms with Gasteiger partial charge in [0.05, 0.1) is 13.2 Å². The lowest BCUT2D eigenvalue weighted by Gasteiger charge is -2.19. The number of likely N-dealkylation sites (N-methyl/N-ethyl adjacent to an activating group) is 1. The highest BCUT2D eigenvalue weighted by atomic mass is 79.9. The molecule has 0 bridgehead atoms. The van der Waals surface area contributed by atoms with Crippen LogP contribution in [-0.4, -0.2) is 36.8 Å². The molecule has 1 aromatic rings. The van der Waals surface area contributed by atoms with Crippen LogP contribution in [0.1, 0.15) is 12.5 Å². The van der Waals surface area contributed by atoms with Gasteiger partial charge in [-0.1, -0.05) is 15.9 Å². The highest BCUT2D eigenvalue weighted by Crippen LogP contribution is 2.23.